The molecule has 0 aromatic carbocycles. The van der Waals surface area contributed by atoms with Crippen LogP contribution >= 0.6 is 11.3 Å². The summed E-state index contributed by atoms with van der Waals surface area (Å²) < 4.78 is 5.86. The van der Waals surface area contributed by atoms with Crippen molar-refractivity contribution >= 4 is 11.3 Å². The lowest BCUT2D eigenvalue weighted by Crippen LogP contribution is -2.44. The summed E-state index contributed by atoms with van der Waals surface area (Å²) in [4.78, 5) is 0. The number of nitrogens with two attached hydrogens (primary N) is 1. The number of aliphatic hydroxyl groups is 1. The van der Waals surface area contributed by atoms with Gasteiger partial charge in [0.25, 0.3) is 0 Å². The number of fused-ring (bicyclic) bond motifs is 2. The molecule has 3 N–H and O–H groups in total. The van der Waals surface area contributed by atoms with Gasteiger partial charge in [0.2, 0.25) is 0 Å². The van der Waals surface area contributed by atoms with E-state index in [9.17, 15) is 5.11 Å². The van der Waals surface area contributed by atoms with E-state index in [1.165, 1.54) is 0 Å². The van der Waals surface area contributed by atoms with E-state index in [1.807, 2.05) is 16.8 Å². The van der Waals surface area contributed by atoms with Crippen molar-refractivity contribution in [2.24, 2.45) is 11.1 Å². The zero-order chi connectivity index (χ0) is 11.2. The van der Waals surface area contributed by atoms with Crippen LogP contribution in [0.4, 0.5) is 0 Å². The highest BCUT2D eigenvalue weighted by atomic mass is 32.1. The molecule has 0 saturated carbocycles. The highest BCUT2D eigenvalue weighted by Gasteiger charge is 2.55. The molecule has 4 atom stereocenters. The third-order valence-corrected chi connectivity index (χ3v) is 4.84. The van der Waals surface area contributed by atoms with Crippen molar-refractivity contribution < 1.29 is 9.84 Å². The molecule has 0 radical (unpaired) electrons. The van der Waals surface area contributed by atoms with Crippen molar-refractivity contribution in [1.29, 1.82) is 0 Å². The second-order valence-electron chi connectivity index (χ2n) is 4.92. The first-order valence-electron chi connectivity index (χ1n) is 5.82. The summed E-state index contributed by atoms with van der Waals surface area (Å²) in [5.41, 5.74) is 6.67. The fraction of sp³-hybridized carbons (Fsp3) is 0.667. The summed E-state index contributed by atoms with van der Waals surface area (Å²) in [7, 11) is 0. The first-order chi connectivity index (χ1) is 7.76. The van der Waals surface area contributed by atoms with Crippen LogP contribution in [0, 0.1) is 5.41 Å². The summed E-state index contributed by atoms with van der Waals surface area (Å²) in [6, 6.07) is 1.98. The van der Waals surface area contributed by atoms with Gasteiger partial charge in [0.15, 0.2) is 0 Å². The van der Waals surface area contributed by atoms with Crippen LogP contribution in [-0.4, -0.2) is 23.9 Å². The van der Waals surface area contributed by atoms with Crippen molar-refractivity contribution in [3.63, 3.8) is 0 Å². The molecule has 3 heterocycles. The summed E-state index contributed by atoms with van der Waals surface area (Å²) >= 11 is 1.61. The van der Waals surface area contributed by atoms with Crippen LogP contribution in [0.1, 0.15) is 30.9 Å². The van der Waals surface area contributed by atoms with Crippen LogP contribution in [-0.2, 0) is 4.74 Å². The number of ether oxygens (including phenoxy) is 1. The van der Waals surface area contributed by atoms with Gasteiger partial charge in [-0.05, 0) is 41.7 Å². The monoisotopic (exact) mass is 239 g/mol. The summed E-state index contributed by atoms with van der Waals surface area (Å²) in [5, 5.41) is 14.5. The maximum atomic E-state index is 10.5. The molecule has 2 bridgehead atoms. The predicted octanol–water partition coefficient (Wildman–Crippen LogP) is 1.68. The molecule has 1 aromatic rings. The van der Waals surface area contributed by atoms with Crippen LogP contribution in [0.15, 0.2) is 16.8 Å². The zero-order valence-corrected chi connectivity index (χ0v) is 9.95. The number of hydrogen-bond acceptors (Lipinski definition) is 4. The van der Waals surface area contributed by atoms with Crippen LogP contribution < -0.4 is 5.73 Å². The predicted molar refractivity (Wildman–Crippen MR) is 63.3 cm³/mol. The van der Waals surface area contributed by atoms with Gasteiger partial charge in [0.05, 0.1) is 18.3 Å². The van der Waals surface area contributed by atoms with E-state index in [0.717, 1.165) is 24.8 Å². The average Bonchev–Trinajstić information content (AvgIpc) is 3.03. The van der Waals surface area contributed by atoms with E-state index < -0.39 is 6.10 Å². The van der Waals surface area contributed by atoms with E-state index in [2.05, 4.69) is 0 Å². The fourth-order valence-electron chi connectivity index (χ4n) is 3.21. The normalized spacial score (nSPS) is 39.1. The topological polar surface area (TPSA) is 55.5 Å². The zero-order valence-electron chi connectivity index (χ0n) is 9.13. The molecule has 88 valence electrons. The van der Waals surface area contributed by atoms with Gasteiger partial charge >= 0.3 is 0 Å². The highest BCUT2D eigenvalue weighted by Crippen LogP contribution is 2.53. The maximum Gasteiger partial charge on any atom is 0.0892 e. The summed E-state index contributed by atoms with van der Waals surface area (Å²) in [6.45, 7) is 0.505. The number of rotatable bonds is 3. The van der Waals surface area contributed by atoms with Gasteiger partial charge in [0, 0.05) is 12.0 Å². The molecule has 3 nitrogen and oxygen atoms in total. The van der Waals surface area contributed by atoms with Gasteiger partial charge in [-0.15, -0.1) is 0 Å². The Morgan fingerprint density at radius 1 is 1.62 bits per heavy atom. The Labute approximate surface area is 99.2 Å². The highest BCUT2D eigenvalue weighted by molar-refractivity contribution is 7.07. The van der Waals surface area contributed by atoms with E-state index in [-0.39, 0.29) is 11.5 Å². The van der Waals surface area contributed by atoms with Gasteiger partial charge in [0.1, 0.15) is 0 Å². The Morgan fingerprint density at radius 3 is 3.00 bits per heavy atom. The van der Waals surface area contributed by atoms with Crippen LogP contribution in [0.5, 0.6) is 0 Å². The van der Waals surface area contributed by atoms with Gasteiger partial charge in [-0.2, -0.15) is 11.3 Å². The molecule has 2 aliphatic rings. The molecule has 2 saturated heterocycles. The Hall–Kier alpha value is -0.420. The smallest absolute Gasteiger partial charge is 0.0892 e. The molecule has 4 heteroatoms. The minimum absolute atomic E-state index is 0.150. The quantitative estimate of drug-likeness (QED) is 0.843. The van der Waals surface area contributed by atoms with E-state index in [0.29, 0.717) is 12.6 Å². The number of hydrogen-bond donors (Lipinski definition) is 2. The Morgan fingerprint density at radius 2 is 2.50 bits per heavy atom. The van der Waals surface area contributed by atoms with Gasteiger partial charge in [-0.3, -0.25) is 0 Å². The third kappa shape index (κ3) is 1.37. The summed E-state index contributed by atoms with van der Waals surface area (Å²) in [5.74, 6) is 0. The minimum Gasteiger partial charge on any atom is -0.388 e. The third-order valence-electron chi connectivity index (χ3n) is 4.14. The molecule has 16 heavy (non-hydrogen) atoms. The molecule has 0 aliphatic carbocycles. The van der Waals surface area contributed by atoms with Gasteiger partial charge in [-0.25, -0.2) is 0 Å². The van der Waals surface area contributed by atoms with E-state index in [4.69, 9.17) is 10.5 Å². The van der Waals surface area contributed by atoms with E-state index >= 15 is 0 Å². The molecule has 0 amide bonds. The van der Waals surface area contributed by atoms with Crippen molar-refractivity contribution in [1.82, 2.24) is 0 Å². The van der Waals surface area contributed by atoms with Crippen molar-refractivity contribution in [2.45, 2.75) is 37.6 Å². The first kappa shape index (κ1) is 10.7. The fourth-order valence-corrected chi connectivity index (χ4v) is 3.89. The lowest BCUT2D eigenvalue weighted by atomic mass is 9.68. The molecule has 2 fully saturated rings. The van der Waals surface area contributed by atoms with Crippen LogP contribution in [0.3, 0.4) is 0 Å². The molecule has 1 aromatic heterocycles. The van der Waals surface area contributed by atoms with Gasteiger partial charge in [-0.1, -0.05) is 0 Å². The molecule has 3 rings (SSSR count). The molecular weight excluding hydrogens is 222 g/mol. The summed E-state index contributed by atoms with van der Waals surface area (Å²) in [6.07, 6.45) is 3.08. The second kappa shape index (κ2) is 3.81. The minimum atomic E-state index is -0.473. The lowest BCUT2D eigenvalue weighted by molar-refractivity contribution is -0.0262. The van der Waals surface area contributed by atoms with Gasteiger partial charge < -0.3 is 15.6 Å². The molecular formula is C12H17NO2S. The first-order valence-corrected chi connectivity index (χ1v) is 6.76. The molecule has 2 aliphatic heterocycles. The lowest BCUT2D eigenvalue weighted by Gasteiger charge is -2.38. The van der Waals surface area contributed by atoms with E-state index in [1.54, 1.807) is 11.3 Å². The molecule has 4 unspecified atom stereocenters. The maximum absolute atomic E-state index is 10.5. The standard InChI is InChI=1S/C12H17NO2S/c13-7-12(5-9-1-2-10(12)15-9)11(14)8-3-4-16-6-8/h3-4,6,9-11,14H,1-2,5,7,13H2. The Bertz CT molecular complexity index is 367. The number of aliphatic hydroxyl groups excluding tert-OH is 1. The average molecular weight is 239 g/mol. The Kier molecular flexibility index (Phi) is 2.55. The molecule has 0 spiro atoms. The SMILES string of the molecule is NCC1(C(O)c2ccsc2)CC2CCC1O2. The Balaban J connectivity index is 1.91. The van der Waals surface area contributed by atoms with Crippen molar-refractivity contribution in [3.05, 3.63) is 22.4 Å². The van der Waals surface area contributed by atoms with Crippen molar-refractivity contribution in [3.8, 4) is 0 Å². The van der Waals surface area contributed by atoms with Crippen molar-refractivity contribution in [2.75, 3.05) is 6.54 Å². The van der Waals surface area contributed by atoms with Crippen LogP contribution in [0.2, 0.25) is 0 Å². The second-order valence-corrected chi connectivity index (χ2v) is 5.70. The van der Waals surface area contributed by atoms with Crippen LogP contribution in [0.25, 0.3) is 0 Å². The number of thiophene rings is 1. The largest absolute Gasteiger partial charge is 0.388 e.